The van der Waals surface area contributed by atoms with E-state index in [2.05, 4.69) is 52.2 Å². The topological polar surface area (TPSA) is 53.7 Å². The summed E-state index contributed by atoms with van der Waals surface area (Å²) in [6.07, 6.45) is 5.67. The number of benzene rings is 2. The van der Waals surface area contributed by atoms with E-state index in [1.807, 2.05) is 59.8 Å². The number of hydrogen-bond acceptors (Lipinski definition) is 4. The molecule has 168 valence electrons. The van der Waals surface area contributed by atoms with Crippen LogP contribution in [-0.4, -0.2) is 61.8 Å². The molecule has 1 saturated heterocycles. The minimum absolute atomic E-state index is 0.0968. The van der Waals surface area contributed by atoms with Crippen LogP contribution in [0.5, 0.6) is 0 Å². The van der Waals surface area contributed by atoms with Crippen LogP contribution in [0.25, 0.3) is 28.2 Å². The maximum atomic E-state index is 13.0. The van der Waals surface area contributed by atoms with Crippen LogP contribution >= 0.6 is 0 Å². The van der Waals surface area contributed by atoms with Gasteiger partial charge in [0.2, 0.25) is 0 Å². The highest BCUT2D eigenvalue weighted by molar-refractivity contribution is 5.94. The molecule has 6 nitrogen and oxygen atoms in total. The van der Waals surface area contributed by atoms with Crippen molar-refractivity contribution in [3.05, 3.63) is 78.8 Å². The molecule has 0 bridgehead atoms. The number of rotatable bonds is 3. The first-order valence-electron chi connectivity index (χ1n) is 11.4. The van der Waals surface area contributed by atoms with Crippen molar-refractivity contribution in [2.45, 2.75) is 26.3 Å². The van der Waals surface area contributed by atoms with E-state index in [9.17, 15) is 4.79 Å². The zero-order chi connectivity index (χ0) is 23.0. The molecule has 0 radical (unpaired) electrons. The smallest absolute Gasteiger partial charge is 0.253 e. The Hall–Kier alpha value is -3.51. The first-order chi connectivity index (χ1) is 15.9. The van der Waals surface area contributed by atoms with E-state index in [-0.39, 0.29) is 11.4 Å². The Kier molecular flexibility index (Phi) is 5.46. The molecule has 2 aromatic carbocycles. The van der Waals surface area contributed by atoms with E-state index in [1.165, 1.54) is 0 Å². The molecule has 0 unspecified atom stereocenters. The van der Waals surface area contributed by atoms with Gasteiger partial charge in [-0.1, -0.05) is 42.5 Å². The number of carbonyl (C=O) groups excluding carboxylic acids is 1. The normalized spacial score (nSPS) is 15.2. The average Bonchev–Trinajstić information content (AvgIpc) is 3.27. The SMILES string of the molecule is CC(C)(C)N1CCN(C(=O)c2ccc(-c3cn4c(-c5ccccc5)cnc4cn3)cc2)CC1. The van der Waals surface area contributed by atoms with Crippen LogP contribution in [0.15, 0.2) is 73.2 Å². The Morgan fingerprint density at radius 3 is 2.18 bits per heavy atom. The largest absolute Gasteiger partial charge is 0.336 e. The average molecular weight is 440 g/mol. The number of amides is 1. The third-order valence-corrected chi connectivity index (χ3v) is 6.41. The summed E-state index contributed by atoms with van der Waals surface area (Å²) in [7, 11) is 0. The molecule has 6 heteroatoms. The second kappa shape index (κ2) is 8.45. The second-order valence-electron chi connectivity index (χ2n) is 9.54. The summed E-state index contributed by atoms with van der Waals surface area (Å²) in [6.45, 7) is 10.0. The first-order valence-corrected chi connectivity index (χ1v) is 11.4. The molecule has 1 aliphatic rings. The van der Waals surface area contributed by atoms with Crippen LogP contribution < -0.4 is 0 Å². The van der Waals surface area contributed by atoms with E-state index in [4.69, 9.17) is 0 Å². The summed E-state index contributed by atoms with van der Waals surface area (Å²) in [6, 6.07) is 18.0. The molecule has 3 heterocycles. The highest BCUT2D eigenvalue weighted by Crippen LogP contribution is 2.24. The van der Waals surface area contributed by atoms with Gasteiger partial charge in [0.15, 0.2) is 5.65 Å². The van der Waals surface area contributed by atoms with E-state index in [1.54, 1.807) is 6.20 Å². The Labute approximate surface area is 194 Å². The molecule has 0 spiro atoms. The molecule has 5 rings (SSSR count). The summed E-state index contributed by atoms with van der Waals surface area (Å²) in [5.41, 5.74) is 5.61. The summed E-state index contributed by atoms with van der Waals surface area (Å²) in [4.78, 5) is 26.5. The molecule has 4 aromatic rings. The molecule has 1 fully saturated rings. The Balaban J connectivity index is 1.35. The monoisotopic (exact) mass is 439 g/mol. The van der Waals surface area contributed by atoms with Gasteiger partial charge in [-0.25, -0.2) is 4.98 Å². The highest BCUT2D eigenvalue weighted by Gasteiger charge is 2.28. The lowest BCUT2D eigenvalue weighted by Gasteiger charge is -2.42. The minimum atomic E-state index is 0.0968. The molecule has 33 heavy (non-hydrogen) atoms. The van der Waals surface area contributed by atoms with Crippen molar-refractivity contribution in [3.63, 3.8) is 0 Å². The quantitative estimate of drug-likeness (QED) is 0.467. The van der Waals surface area contributed by atoms with Crippen molar-refractivity contribution >= 4 is 11.6 Å². The highest BCUT2D eigenvalue weighted by atomic mass is 16.2. The number of carbonyl (C=O) groups is 1. The van der Waals surface area contributed by atoms with Crippen LogP contribution in [-0.2, 0) is 0 Å². The maximum absolute atomic E-state index is 13.0. The number of nitrogens with zero attached hydrogens (tertiary/aromatic N) is 5. The van der Waals surface area contributed by atoms with Crippen molar-refractivity contribution in [1.29, 1.82) is 0 Å². The third kappa shape index (κ3) is 4.26. The molecule has 0 aliphatic carbocycles. The van der Waals surface area contributed by atoms with E-state index < -0.39 is 0 Å². The fourth-order valence-electron chi connectivity index (χ4n) is 4.41. The fraction of sp³-hybridized carbons (Fsp3) is 0.296. The lowest BCUT2D eigenvalue weighted by molar-refractivity contribution is 0.0451. The molecular formula is C27H29N5O. The predicted octanol–water partition coefficient (Wildman–Crippen LogP) is 4.62. The minimum Gasteiger partial charge on any atom is -0.336 e. The summed E-state index contributed by atoms with van der Waals surface area (Å²) >= 11 is 0. The van der Waals surface area contributed by atoms with Crippen molar-refractivity contribution < 1.29 is 4.79 Å². The van der Waals surface area contributed by atoms with E-state index >= 15 is 0 Å². The van der Waals surface area contributed by atoms with Crippen LogP contribution in [0.1, 0.15) is 31.1 Å². The third-order valence-electron chi connectivity index (χ3n) is 6.41. The molecule has 2 aromatic heterocycles. The zero-order valence-electron chi connectivity index (χ0n) is 19.4. The van der Waals surface area contributed by atoms with Gasteiger partial charge in [0.25, 0.3) is 5.91 Å². The van der Waals surface area contributed by atoms with Gasteiger partial charge in [-0.3, -0.25) is 19.1 Å². The van der Waals surface area contributed by atoms with Gasteiger partial charge in [0.1, 0.15) is 0 Å². The van der Waals surface area contributed by atoms with Crippen molar-refractivity contribution in [2.24, 2.45) is 0 Å². The van der Waals surface area contributed by atoms with Crippen LogP contribution in [0.4, 0.5) is 0 Å². The van der Waals surface area contributed by atoms with Crippen LogP contribution in [0.2, 0.25) is 0 Å². The molecule has 1 aliphatic heterocycles. The molecule has 1 amide bonds. The Morgan fingerprint density at radius 2 is 1.52 bits per heavy atom. The summed E-state index contributed by atoms with van der Waals surface area (Å²) in [5.74, 6) is 0.0968. The van der Waals surface area contributed by atoms with Gasteiger partial charge in [-0.2, -0.15) is 0 Å². The first kappa shape index (κ1) is 21.3. The molecule has 0 saturated carbocycles. The summed E-state index contributed by atoms with van der Waals surface area (Å²) in [5, 5.41) is 0. The van der Waals surface area contributed by atoms with E-state index in [0.717, 1.165) is 59.9 Å². The zero-order valence-corrected chi connectivity index (χ0v) is 19.4. The number of fused-ring (bicyclic) bond motifs is 1. The fourth-order valence-corrected chi connectivity index (χ4v) is 4.41. The van der Waals surface area contributed by atoms with Gasteiger partial charge in [0, 0.05) is 54.6 Å². The number of imidazole rings is 1. The van der Waals surface area contributed by atoms with Gasteiger partial charge < -0.3 is 4.90 Å². The van der Waals surface area contributed by atoms with Gasteiger partial charge in [0.05, 0.1) is 23.8 Å². The van der Waals surface area contributed by atoms with Crippen molar-refractivity contribution in [3.8, 4) is 22.5 Å². The van der Waals surface area contributed by atoms with Crippen molar-refractivity contribution in [1.82, 2.24) is 24.2 Å². The standard InChI is InChI=1S/C27H29N5O/c1-27(2,3)31-15-13-30(14-16-31)26(33)22-11-9-20(10-12-22)23-19-32-24(17-29-25(32)18-28-23)21-7-5-4-6-8-21/h4-12,17-19H,13-16H2,1-3H3. The molecule has 0 N–H and O–H groups in total. The van der Waals surface area contributed by atoms with Crippen molar-refractivity contribution in [2.75, 3.05) is 26.2 Å². The van der Waals surface area contributed by atoms with Gasteiger partial charge in [-0.05, 0) is 32.9 Å². The number of aromatic nitrogens is 3. The summed E-state index contributed by atoms with van der Waals surface area (Å²) < 4.78 is 2.06. The van der Waals surface area contributed by atoms with Crippen LogP contribution in [0, 0.1) is 0 Å². The molecule has 0 atom stereocenters. The number of piperazine rings is 1. The van der Waals surface area contributed by atoms with Crippen LogP contribution in [0.3, 0.4) is 0 Å². The number of hydrogen-bond donors (Lipinski definition) is 0. The Bertz CT molecular complexity index is 1260. The van der Waals surface area contributed by atoms with Gasteiger partial charge >= 0.3 is 0 Å². The Morgan fingerprint density at radius 1 is 0.818 bits per heavy atom. The van der Waals surface area contributed by atoms with E-state index in [0.29, 0.717) is 0 Å². The maximum Gasteiger partial charge on any atom is 0.253 e. The lowest BCUT2D eigenvalue weighted by Crippen LogP contribution is -2.54. The molecular weight excluding hydrogens is 410 g/mol. The lowest BCUT2D eigenvalue weighted by atomic mass is 10.0. The predicted molar refractivity (Wildman–Crippen MR) is 131 cm³/mol. The second-order valence-corrected chi connectivity index (χ2v) is 9.54. The van der Waals surface area contributed by atoms with Gasteiger partial charge in [-0.15, -0.1) is 0 Å².